The number of amides is 1. The van der Waals surface area contributed by atoms with E-state index < -0.39 is 0 Å². The highest BCUT2D eigenvalue weighted by Gasteiger charge is 2.28. The fraction of sp³-hybridized carbons (Fsp3) is 0.474. The number of benzene rings is 1. The molecule has 0 saturated carbocycles. The molecular formula is C19H28IN7O. The topological polar surface area (TPSA) is 87.4 Å². The summed E-state index contributed by atoms with van der Waals surface area (Å²) in [5.41, 5.74) is 1.01. The molecule has 28 heavy (non-hydrogen) atoms. The molecule has 2 N–H and O–H groups in total. The number of nitrogens with one attached hydrogen (secondary N) is 2. The number of likely N-dealkylation sites (tertiary alicyclic amines) is 1. The second-order valence-corrected chi connectivity index (χ2v) is 6.95. The smallest absolute Gasteiger partial charge is 0.225 e. The van der Waals surface area contributed by atoms with Gasteiger partial charge in [-0.1, -0.05) is 32.0 Å². The molecule has 9 heteroatoms. The van der Waals surface area contributed by atoms with Crippen LogP contribution in [0.25, 0.3) is 5.69 Å². The van der Waals surface area contributed by atoms with Crippen molar-refractivity contribution >= 4 is 35.8 Å². The molecule has 0 radical (unpaired) electrons. The average molecular weight is 497 g/mol. The minimum atomic E-state index is 0. The molecule has 1 fully saturated rings. The van der Waals surface area contributed by atoms with Crippen LogP contribution in [0.5, 0.6) is 0 Å². The Bertz CT molecular complexity index is 791. The molecule has 1 amide bonds. The summed E-state index contributed by atoms with van der Waals surface area (Å²) in [7, 11) is 1.74. The van der Waals surface area contributed by atoms with Gasteiger partial charge in [0.1, 0.15) is 6.33 Å². The van der Waals surface area contributed by atoms with Crippen LogP contribution in [-0.2, 0) is 11.3 Å². The molecule has 152 valence electrons. The van der Waals surface area contributed by atoms with Gasteiger partial charge < -0.3 is 15.5 Å². The zero-order valence-electron chi connectivity index (χ0n) is 16.5. The number of aliphatic imine (C=N–C) groups is 1. The largest absolute Gasteiger partial charge is 0.352 e. The average Bonchev–Trinajstić information content (AvgIpc) is 3.34. The first-order chi connectivity index (χ1) is 13.1. The Morgan fingerprint density at radius 3 is 2.75 bits per heavy atom. The molecular weight excluding hydrogens is 469 g/mol. The van der Waals surface area contributed by atoms with Crippen LogP contribution in [0.15, 0.2) is 41.7 Å². The number of halogens is 1. The van der Waals surface area contributed by atoms with Gasteiger partial charge in [0.2, 0.25) is 5.91 Å². The molecule has 0 aliphatic carbocycles. The van der Waals surface area contributed by atoms with Gasteiger partial charge in [0.25, 0.3) is 0 Å². The zero-order valence-corrected chi connectivity index (χ0v) is 18.8. The van der Waals surface area contributed by atoms with Crippen molar-refractivity contribution in [1.29, 1.82) is 0 Å². The Hall–Kier alpha value is -2.17. The molecule has 1 aliphatic rings. The van der Waals surface area contributed by atoms with Crippen LogP contribution in [0, 0.1) is 5.92 Å². The van der Waals surface area contributed by atoms with E-state index >= 15 is 0 Å². The maximum Gasteiger partial charge on any atom is 0.225 e. The monoisotopic (exact) mass is 497 g/mol. The maximum atomic E-state index is 12.1. The van der Waals surface area contributed by atoms with Gasteiger partial charge >= 0.3 is 0 Å². The summed E-state index contributed by atoms with van der Waals surface area (Å²) in [5.74, 6) is 1.73. The molecule has 1 atom stereocenters. The third-order valence-electron chi connectivity index (χ3n) is 4.62. The number of hydrogen-bond acceptors (Lipinski definition) is 4. The quantitative estimate of drug-likeness (QED) is 0.374. The summed E-state index contributed by atoms with van der Waals surface area (Å²) < 4.78 is 1.94. The van der Waals surface area contributed by atoms with Crippen LogP contribution in [0.1, 0.15) is 26.1 Å². The van der Waals surface area contributed by atoms with Gasteiger partial charge in [0, 0.05) is 37.8 Å². The lowest BCUT2D eigenvalue weighted by Crippen LogP contribution is -2.45. The van der Waals surface area contributed by atoms with Crippen molar-refractivity contribution in [3.63, 3.8) is 0 Å². The lowest BCUT2D eigenvalue weighted by molar-refractivity contribution is -0.133. The Balaban J connectivity index is 0.00000280. The van der Waals surface area contributed by atoms with E-state index in [-0.39, 0.29) is 41.8 Å². The van der Waals surface area contributed by atoms with Gasteiger partial charge in [-0.3, -0.25) is 14.4 Å². The number of carbonyl (C=O) groups excluding carboxylic acids is 1. The summed E-state index contributed by atoms with van der Waals surface area (Å²) in [6, 6.07) is 10.2. The fourth-order valence-corrected chi connectivity index (χ4v) is 3.18. The maximum absolute atomic E-state index is 12.1. The van der Waals surface area contributed by atoms with E-state index in [2.05, 4.69) is 25.8 Å². The highest BCUT2D eigenvalue weighted by atomic mass is 127. The van der Waals surface area contributed by atoms with Crippen LogP contribution in [0.2, 0.25) is 0 Å². The van der Waals surface area contributed by atoms with E-state index in [0.717, 1.165) is 24.5 Å². The molecule has 1 aromatic carbocycles. The summed E-state index contributed by atoms with van der Waals surface area (Å²) in [5, 5.41) is 14.9. The molecule has 2 heterocycles. The fourth-order valence-electron chi connectivity index (χ4n) is 3.18. The van der Waals surface area contributed by atoms with Crippen molar-refractivity contribution in [1.82, 2.24) is 30.3 Å². The van der Waals surface area contributed by atoms with E-state index in [1.165, 1.54) is 0 Å². The number of carbonyl (C=O) groups is 1. The zero-order chi connectivity index (χ0) is 19.2. The molecule has 8 nitrogen and oxygen atoms in total. The summed E-state index contributed by atoms with van der Waals surface area (Å²) in [6.07, 6.45) is 2.62. The molecule has 1 saturated heterocycles. The van der Waals surface area contributed by atoms with Crippen molar-refractivity contribution in [3.8, 4) is 5.69 Å². The predicted molar refractivity (Wildman–Crippen MR) is 120 cm³/mol. The van der Waals surface area contributed by atoms with E-state index in [1.807, 2.05) is 53.6 Å². The Labute approximate surface area is 182 Å². The molecule has 1 aliphatic heterocycles. The SMILES string of the molecule is CN=C(NCc1nncn1-c1ccccc1)NC1CCN(C(=O)C(C)C)C1.I. The van der Waals surface area contributed by atoms with E-state index in [0.29, 0.717) is 19.0 Å². The second kappa shape index (κ2) is 10.4. The number of nitrogens with zero attached hydrogens (tertiary/aromatic N) is 5. The standard InChI is InChI=1S/C19H27N7O.HI/c1-14(2)18(27)25-10-9-15(12-25)23-19(20-3)21-11-17-24-22-13-26(17)16-7-5-4-6-8-16;/h4-8,13-15H,9-12H2,1-3H3,(H2,20,21,23);1H. The van der Waals surface area contributed by atoms with Crippen LogP contribution in [0.3, 0.4) is 0 Å². The lowest BCUT2D eigenvalue weighted by Gasteiger charge is -2.20. The van der Waals surface area contributed by atoms with Crippen molar-refractivity contribution in [2.75, 3.05) is 20.1 Å². The first-order valence-electron chi connectivity index (χ1n) is 9.28. The summed E-state index contributed by atoms with van der Waals surface area (Å²) in [4.78, 5) is 18.3. The lowest BCUT2D eigenvalue weighted by atomic mass is 10.2. The first kappa shape index (κ1) is 22.1. The first-order valence-corrected chi connectivity index (χ1v) is 9.28. The van der Waals surface area contributed by atoms with E-state index in [4.69, 9.17) is 0 Å². The van der Waals surface area contributed by atoms with Gasteiger partial charge in [0.05, 0.1) is 6.54 Å². The minimum absolute atomic E-state index is 0. The van der Waals surface area contributed by atoms with Crippen molar-refractivity contribution in [2.24, 2.45) is 10.9 Å². The van der Waals surface area contributed by atoms with E-state index in [1.54, 1.807) is 13.4 Å². The number of rotatable bonds is 5. The van der Waals surface area contributed by atoms with Crippen molar-refractivity contribution < 1.29 is 4.79 Å². The molecule has 3 rings (SSSR count). The van der Waals surface area contributed by atoms with Crippen molar-refractivity contribution in [2.45, 2.75) is 32.9 Å². The van der Waals surface area contributed by atoms with Crippen LogP contribution in [0.4, 0.5) is 0 Å². The third kappa shape index (κ3) is 5.43. The van der Waals surface area contributed by atoms with Gasteiger partial charge in [-0.05, 0) is 18.6 Å². The van der Waals surface area contributed by atoms with Crippen LogP contribution in [-0.4, -0.2) is 57.7 Å². The van der Waals surface area contributed by atoms with Crippen LogP contribution < -0.4 is 10.6 Å². The number of aromatic nitrogens is 3. The highest BCUT2D eigenvalue weighted by molar-refractivity contribution is 14.0. The molecule has 0 spiro atoms. The van der Waals surface area contributed by atoms with Gasteiger partial charge in [-0.15, -0.1) is 34.2 Å². The Morgan fingerprint density at radius 1 is 1.32 bits per heavy atom. The van der Waals surface area contributed by atoms with Gasteiger partial charge in [0.15, 0.2) is 11.8 Å². The number of para-hydroxylation sites is 1. The molecule has 1 aromatic heterocycles. The van der Waals surface area contributed by atoms with Gasteiger partial charge in [-0.25, -0.2) is 0 Å². The molecule has 2 aromatic rings. The number of guanidine groups is 1. The van der Waals surface area contributed by atoms with Gasteiger partial charge in [-0.2, -0.15) is 0 Å². The predicted octanol–water partition coefficient (Wildman–Crippen LogP) is 1.81. The number of hydrogen-bond donors (Lipinski definition) is 2. The molecule has 1 unspecified atom stereocenters. The normalized spacial score (nSPS) is 16.8. The summed E-state index contributed by atoms with van der Waals surface area (Å²) >= 11 is 0. The molecule has 0 bridgehead atoms. The Kier molecular flexibility index (Phi) is 8.21. The minimum Gasteiger partial charge on any atom is -0.352 e. The third-order valence-corrected chi connectivity index (χ3v) is 4.62. The Morgan fingerprint density at radius 2 is 2.07 bits per heavy atom. The van der Waals surface area contributed by atoms with Crippen molar-refractivity contribution in [3.05, 3.63) is 42.5 Å². The highest BCUT2D eigenvalue weighted by Crippen LogP contribution is 2.13. The van der Waals surface area contributed by atoms with Crippen LogP contribution >= 0.6 is 24.0 Å². The summed E-state index contributed by atoms with van der Waals surface area (Å²) in [6.45, 7) is 5.86. The second-order valence-electron chi connectivity index (χ2n) is 6.95. The van der Waals surface area contributed by atoms with E-state index in [9.17, 15) is 4.79 Å².